The summed E-state index contributed by atoms with van der Waals surface area (Å²) in [4.78, 5) is 11.7. The van der Waals surface area contributed by atoms with Crippen LogP contribution in [0.3, 0.4) is 0 Å². The van der Waals surface area contributed by atoms with Crippen molar-refractivity contribution < 1.29 is 13.9 Å². The Bertz CT molecular complexity index is 678. The van der Waals surface area contributed by atoms with E-state index in [0.29, 0.717) is 5.69 Å². The quantitative estimate of drug-likeness (QED) is 0.791. The second-order valence-corrected chi connectivity index (χ2v) is 5.46. The summed E-state index contributed by atoms with van der Waals surface area (Å²) in [5.74, 6) is -1.34. The van der Waals surface area contributed by atoms with Crippen LogP contribution >= 0.6 is 23.2 Å². The predicted octanol–water partition coefficient (Wildman–Crippen LogP) is 4.23. The number of nitrogens with zero attached hydrogens (tertiary/aromatic N) is 2. The molecule has 7 heteroatoms. The zero-order chi connectivity index (χ0) is 15.7. The molecule has 0 amide bonds. The van der Waals surface area contributed by atoms with E-state index in [-0.39, 0.29) is 27.3 Å². The smallest absolute Gasteiger partial charge is 0.360 e. The van der Waals surface area contributed by atoms with Crippen molar-refractivity contribution in [3.63, 3.8) is 0 Å². The Balaban J connectivity index is 2.77. The molecule has 0 aliphatic rings. The number of methoxy groups -OCH3 is 1. The maximum atomic E-state index is 14.1. The van der Waals surface area contributed by atoms with Gasteiger partial charge in [0.1, 0.15) is 11.5 Å². The molecule has 0 N–H and O–H groups in total. The molecule has 2 aromatic rings. The Hall–Kier alpha value is -1.59. The molecule has 0 bridgehead atoms. The fourth-order valence-electron chi connectivity index (χ4n) is 2.00. The highest BCUT2D eigenvalue weighted by Gasteiger charge is 2.26. The molecule has 4 nitrogen and oxygen atoms in total. The summed E-state index contributed by atoms with van der Waals surface area (Å²) in [6.07, 6.45) is 0. The van der Waals surface area contributed by atoms with Crippen LogP contribution < -0.4 is 0 Å². The van der Waals surface area contributed by atoms with Gasteiger partial charge in [0.05, 0.1) is 22.8 Å². The molecule has 112 valence electrons. The van der Waals surface area contributed by atoms with Gasteiger partial charge in [-0.3, -0.25) is 0 Å². The van der Waals surface area contributed by atoms with Gasteiger partial charge in [0, 0.05) is 0 Å². The van der Waals surface area contributed by atoms with Gasteiger partial charge in [0.15, 0.2) is 5.69 Å². The molecule has 0 aliphatic heterocycles. The van der Waals surface area contributed by atoms with Crippen LogP contribution in [0.5, 0.6) is 0 Å². The number of rotatable bonds is 3. The van der Waals surface area contributed by atoms with Crippen molar-refractivity contribution in [2.45, 2.75) is 19.8 Å². The van der Waals surface area contributed by atoms with Crippen LogP contribution in [0.1, 0.15) is 35.9 Å². The predicted molar refractivity (Wildman–Crippen MR) is 79.0 cm³/mol. The summed E-state index contributed by atoms with van der Waals surface area (Å²) in [5, 5.41) is 4.39. The highest BCUT2D eigenvalue weighted by Crippen LogP contribution is 2.33. The zero-order valence-corrected chi connectivity index (χ0v) is 13.2. The van der Waals surface area contributed by atoms with Crippen molar-refractivity contribution in [1.82, 2.24) is 9.78 Å². The Labute approximate surface area is 131 Å². The SMILES string of the molecule is COC(=O)c1nn(-c2c(F)cccc2Cl)c(C(C)C)c1Cl. The van der Waals surface area contributed by atoms with E-state index in [9.17, 15) is 9.18 Å². The van der Waals surface area contributed by atoms with Crippen LogP contribution in [-0.4, -0.2) is 22.9 Å². The standard InChI is InChI=1S/C14H13Cl2FN2O2/c1-7(2)12-10(16)11(14(20)21-3)18-19(12)13-8(15)5-4-6-9(13)17/h4-7H,1-3H3. The minimum Gasteiger partial charge on any atom is -0.464 e. The van der Waals surface area contributed by atoms with E-state index in [2.05, 4.69) is 9.84 Å². The largest absolute Gasteiger partial charge is 0.464 e. The Morgan fingerprint density at radius 2 is 2.05 bits per heavy atom. The maximum absolute atomic E-state index is 14.1. The van der Waals surface area contributed by atoms with Gasteiger partial charge in [-0.1, -0.05) is 43.1 Å². The first-order valence-corrected chi connectivity index (χ1v) is 6.95. The molecule has 0 spiro atoms. The molecule has 1 aromatic carbocycles. The van der Waals surface area contributed by atoms with Gasteiger partial charge >= 0.3 is 5.97 Å². The van der Waals surface area contributed by atoms with Gasteiger partial charge in [-0.25, -0.2) is 13.9 Å². The zero-order valence-electron chi connectivity index (χ0n) is 11.7. The van der Waals surface area contributed by atoms with Crippen molar-refractivity contribution in [1.29, 1.82) is 0 Å². The van der Waals surface area contributed by atoms with Crippen LogP contribution in [0.4, 0.5) is 4.39 Å². The molecule has 21 heavy (non-hydrogen) atoms. The van der Waals surface area contributed by atoms with Crippen LogP contribution in [0, 0.1) is 5.82 Å². The number of hydrogen-bond acceptors (Lipinski definition) is 3. The lowest BCUT2D eigenvalue weighted by atomic mass is 10.1. The summed E-state index contributed by atoms with van der Waals surface area (Å²) in [6, 6.07) is 4.29. The summed E-state index contributed by atoms with van der Waals surface area (Å²) in [6.45, 7) is 3.71. The fourth-order valence-corrected chi connectivity index (χ4v) is 2.66. The molecule has 0 radical (unpaired) electrons. The molecule has 0 unspecified atom stereocenters. The Morgan fingerprint density at radius 1 is 1.38 bits per heavy atom. The minimum absolute atomic E-state index is 0.0555. The van der Waals surface area contributed by atoms with Crippen molar-refractivity contribution in [3.05, 3.63) is 45.4 Å². The van der Waals surface area contributed by atoms with Crippen LogP contribution in [0.2, 0.25) is 10.0 Å². The number of para-hydroxylation sites is 1. The highest BCUT2D eigenvalue weighted by molar-refractivity contribution is 6.34. The Morgan fingerprint density at radius 3 is 2.57 bits per heavy atom. The summed E-state index contributed by atoms with van der Waals surface area (Å²) < 4.78 is 20.0. The molecule has 0 aliphatic carbocycles. The van der Waals surface area contributed by atoms with Gasteiger partial charge in [-0.05, 0) is 18.1 Å². The summed E-state index contributed by atoms with van der Waals surface area (Å²) >= 11 is 12.3. The lowest BCUT2D eigenvalue weighted by Gasteiger charge is -2.12. The topological polar surface area (TPSA) is 44.1 Å². The number of carbonyl (C=O) groups excluding carboxylic acids is 1. The van der Waals surface area contributed by atoms with E-state index < -0.39 is 11.8 Å². The lowest BCUT2D eigenvalue weighted by Crippen LogP contribution is -2.08. The molecule has 0 atom stereocenters. The monoisotopic (exact) mass is 330 g/mol. The number of esters is 1. The minimum atomic E-state index is -0.687. The molecule has 1 heterocycles. The lowest BCUT2D eigenvalue weighted by molar-refractivity contribution is 0.0593. The maximum Gasteiger partial charge on any atom is 0.360 e. The third-order valence-corrected chi connectivity index (χ3v) is 3.61. The van der Waals surface area contributed by atoms with E-state index in [1.54, 1.807) is 0 Å². The second kappa shape index (κ2) is 6.03. The number of halogens is 3. The van der Waals surface area contributed by atoms with Gasteiger partial charge in [0.25, 0.3) is 0 Å². The average molecular weight is 331 g/mol. The number of hydrogen-bond donors (Lipinski definition) is 0. The number of carbonyl (C=O) groups is 1. The summed E-state index contributed by atoms with van der Waals surface area (Å²) in [7, 11) is 1.23. The number of benzene rings is 1. The van der Waals surface area contributed by atoms with Gasteiger partial charge < -0.3 is 4.74 Å². The van der Waals surface area contributed by atoms with Crippen molar-refractivity contribution in [2.75, 3.05) is 7.11 Å². The fraction of sp³-hybridized carbons (Fsp3) is 0.286. The van der Waals surface area contributed by atoms with Gasteiger partial charge in [-0.15, -0.1) is 0 Å². The van der Waals surface area contributed by atoms with Gasteiger partial charge in [0.2, 0.25) is 0 Å². The van der Waals surface area contributed by atoms with Crippen LogP contribution in [0.15, 0.2) is 18.2 Å². The molecule has 0 fully saturated rings. The van der Waals surface area contributed by atoms with E-state index in [1.807, 2.05) is 13.8 Å². The van der Waals surface area contributed by atoms with E-state index in [0.717, 1.165) is 0 Å². The summed E-state index contributed by atoms with van der Waals surface area (Å²) in [5.41, 5.74) is 0.478. The molecule has 1 aromatic heterocycles. The highest BCUT2D eigenvalue weighted by atomic mass is 35.5. The first kappa shape index (κ1) is 15.8. The van der Waals surface area contributed by atoms with Gasteiger partial charge in [-0.2, -0.15) is 5.10 Å². The molecule has 0 saturated heterocycles. The first-order chi connectivity index (χ1) is 9.88. The van der Waals surface area contributed by atoms with E-state index in [4.69, 9.17) is 23.2 Å². The molecular weight excluding hydrogens is 318 g/mol. The molecular formula is C14H13Cl2FN2O2. The number of ether oxygens (including phenoxy) is 1. The van der Waals surface area contributed by atoms with Crippen molar-refractivity contribution in [3.8, 4) is 5.69 Å². The van der Waals surface area contributed by atoms with E-state index >= 15 is 0 Å². The normalized spacial score (nSPS) is 11.0. The van der Waals surface area contributed by atoms with Crippen LogP contribution in [-0.2, 0) is 4.74 Å². The van der Waals surface area contributed by atoms with E-state index in [1.165, 1.54) is 30.0 Å². The van der Waals surface area contributed by atoms with Crippen LogP contribution in [0.25, 0.3) is 5.69 Å². The number of aromatic nitrogens is 2. The average Bonchev–Trinajstić information content (AvgIpc) is 2.75. The molecule has 0 saturated carbocycles. The third-order valence-electron chi connectivity index (χ3n) is 2.94. The second-order valence-electron chi connectivity index (χ2n) is 4.68. The van der Waals surface area contributed by atoms with Crippen molar-refractivity contribution in [2.24, 2.45) is 0 Å². The third kappa shape index (κ3) is 2.76. The van der Waals surface area contributed by atoms with Crippen molar-refractivity contribution >= 4 is 29.2 Å². The molecule has 2 rings (SSSR count). The first-order valence-electron chi connectivity index (χ1n) is 6.19. The Kier molecular flexibility index (Phi) is 4.54.